The number of nitrogens with one attached hydrogen (secondary N) is 2. The zero-order chi connectivity index (χ0) is 9.97. The summed E-state index contributed by atoms with van der Waals surface area (Å²) in [6, 6.07) is 7.82. The van der Waals surface area contributed by atoms with Gasteiger partial charge in [0, 0.05) is 11.4 Å². The molecule has 0 aromatic heterocycles. The minimum atomic E-state index is -0.0173. The predicted molar refractivity (Wildman–Crippen MR) is 60.2 cm³/mol. The summed E-state index contributed by atoms with van der Waals surface area (Å²) in [6.45, 7) is 0.858. The fourth-order valence-electron chi connectivity index (χ4n) is 1.32. The van der Waals surface area contributed by atoms with Crippen molar-refractivity contribution in [2.45, 2.75) is 16.3 Å². The topological polar surface area (TPSA) is 50.1 Å². The van der Waals surface area contributed by atoms with Gasteiger partial charge in [-0.1, -0.05) is 23.7 Å². The molecule has 1 aromatic rings. The molecule has 0 spiro atoms. The molecule has 1 aromatic carbocycles. The van der Waals surface area contributed by atoms with Crippen LogP contribution in [0.3, 0.4) is 0 Å². The molecule has 1 saturated heterocycles. The van der Waals surface area contributed by atoms with Crippen molar-refractivity contribution in [1.29, 1.82) is 0 Å². The highest BCUT2D eigenvalue weighted by Crippen LogP contribution is 2.31. The highest BCUT2D eigenvalue weighted by molar-refractivity contribution is 8.00. The van der Waals surface area contributed by atoms with Crippen LogP contribution in [-0.2, 0) is 0 Å². The summed E-state index contributed by atoms with van der Waals surface area (Å²) < 4.78 is 0. The number of rotatable bonds is 2. The quantitative estimate of drug-likeness (QED) is 0.713. The summed E-state index contributed by atoms with van der Waals surface area (Å²) >= 11 is 7.75. The molecule has 14 heavy (non-hydrogen) atoms. The summed E-state index contributed by atoms with van der Waals surface area (Å²) in [5.41, 5.74) is 11.8. The fourth-order valence-corrected chi connectivity index (χ4v) is 2.63. The maximum atomic E-state index is 6.05. The second-order valence-electron chi connectivity index (χ2n) is 3.14. The molecule has 1 aliphatic rings. The number of benzene rings is 1. The van der Waals surface area contributed by atoms with E-state index in [0.29, 0.717) is 5.25 Å². The SMILES string of the molecule is NC1NNCC1Sc1ccccc1Cl. The van der Waals surface area contributed by atoms with E-state index in [1.54, 1.807) is 11.8 Å². The molecule has 5 heteroatoms. The molecule has 0 amide bonds. The van der Waals surface area contributed by atoms with Crippen molar-refractivity contribution < 1.29 is 0 Å². The van der Waals surface area contributed by atoms with Crippen LogP contribution in [-0.4, -0.2) is 18.0 Å². The minimum absolute atomic E-state index is 0.0173. The number of hydrogen-bond acceptors (Lipinski definition) is 4. The second kappa shape index (κ2) is 4.51. The third-order valence-electron chi connectivity index (χ3n) is 2.09. The molecule has 2 unspecified atom stereocenters. The average Bonchev–Trinajstić information content (AvgIpc) is 2.56. The highest BCUT2D eigenvalue weighted by Gasteiger charge is 2.24. The van der Waals surface area contributed by atoms with Crippen LogP contribution in [0.2, 0.25) is 5.02 Å². The summed E-state index contributed by atoms with van der Waals surface area (Å²) in [7, 11) is 0. The molecule has 1 heterocycles. The van der Waals surface area contributed by atoms with E-state index in [-0.39, 0.29) is 6.17 Å². The first-order valence-electron chi connectivity index (χ1n) is 4.42. The van der Waals surface area contributed by atoms with Gasteiger partial charge in [-0.2, -0.15) is 0 Å². The zero-order valence-corrected chi connectivity index (χ0v) is 9.11. The first-order chi connectivity index (χ1) is 6.77. The second-order valence-corrected chi connectivity index (χ2v) is 4.83. The summed E-state index contributed by atoms with van der Waals surface area (Å²) in [5.74, 6) is 0. The van der Waals surface area contributed by atoms with Gasteiger partial charge in [-0.25, -0.2) is 5.43 Å². The molecular weight excluding hydrogens is 218 g/mol. The van der Waals surface area contributed by atoms with E-state index >= 15 is 0 Å². The van der Waals surface area contributed by atoms with E-state index in [9.17, 15) is 0 Å². The Hall–Kier alpha value is -0.260. The summed E-state index contributed by atoms with van der Waals surface area (Å²) in [6.07, 6.45) is -0.0173. The Labute approximate surface area is 92.4 Å². The van der Waals surface area contributed by atoms with Gasteiger partial charge in [0.05, 0.1) is 16.4 Å². The normalized spacial score (nSPS) is 26.7. The summed E-state index contributed by atoms with van der Waals surface area (Å²) in [4.78, 5) is 1.08. The number of hydrogen-bond donors (Lipinski definition) is 3. The Bertz CT molecular complexity index is 321. The standard InChI is InChI=1S/C9H12ClN3S/c10-6-3-1-2-4-7(6)14-8-5-12-13-9(8)11/h1-4,8-9,12-13H,5,11H2. The smallest absolute Gasteiger partial charge is 0.0815 e. The van der Waals surface area contributed by atoms with E-state index < -0.39 is 0 Å². The van der Waals surface area contributed by atoms with Gasteiger partial charge < -0.3 is 5.73 Å². The summed E-state index contributed by atoms with van der Waals surface area (Å²) in [5, 5.41) is 1.12. The molecule has 3 nitrogen and oxygen atoms in total. The first-order valence-corrected chi connectivity index (χ1v) is 5.68. The molecule has 0 radical (unpaired) electrons. The molecule has 2 atom stereocenters. The van der Waals surface area contributed by atoms with Crippen molar-refractivity contribution in [2.24, 2.45) is 5.73 Å². The highest BCUT2D eigenvalue weighted by atomic mass is 35.5. The van der Waals surface area contributed by atoms with Gasteiger partial charge in [-0.3, -0.25) is 5.43 Å². The Balaban J connectivity index is 2.07. The zero-order valence-electron chi connectivity index (χ0n) is 7.53. The Morgan fingerprint density at radius 1 is 1.43 bits per heavy atom. The van der Waals surface area contributed by atoms with E-state index in [0.717, 1.165) is 16.5 Å². The van der Waals surface area contributed by atoms with Crippen LogP contribution in [0.1, 0.15) is 0 Å². The first kappa shape index (κ1) is 10.3. The number of hydrazine groups is 1. The molecular formula is C9H12ClN3S. The van der Waals surface area contributed by atoms with Crippen LogP contribution in [0.25, 0.3) is 0 Å². The van der Waals surface area contributed by atoms with Crippen molar-refractivity contribution in [2.75, 3.05) is 6.54 Å². The van der Waals surface area contributed by atoms with Crippen LogP contribution in [0.15, 0.2) is 29.2 Å². The van der Waals surface area contributed by atoms with E-state index in [2.05, 4.69) is 10.9 Å². The number of thioether (sulfide) groups is 1. The molecule has 76 valence electrons. The lowest BCUT2D eigenvalue weighted by Gasteiger charge is -2.13. The lowest BCUT2D eigenvalue weighted by Crippen LogP contribution is -2.40. The lowest BCUT2D eigenvalue weighted by atomic mass is 10.4. The Kier molecular flexibility index (Phi) is 3.30. The van der Waals surface area contributed by atoms with Gasteiger partial charge in [-0.05, 0) is 12.1 Å². The Morgan fingerprint density at radius 3 is 2.86 bits per heavy atom. The van der Waals surface area contributed by atoms with Gasteiger partial charge in [0.1, 0.15) is 0 Å². The van der Waals surface area contributed by atoms with Crippen molar-refractivity contribution in [3.05, 3.63) is 29.3 Å². The van der Waals surface area contributed by atoms with Crippen LogP contribution >= 0.6 is 23.4 Å². The van der Waals surface area contributed by atoms with Crippen molar-refractivity contribution in [1.82, 2.24) is 10.9 Å². The monoisotopic (exact) mass is 229 g/mol. The third-order valence-corrected chi connectivity index (χ3v) is 3.90. The van der Waals surface area contributed by atoms with Crippen LogP contribution in [0.4, 0.5) is 0 Å². The van der Waals surface area contributed by atoms with Crippen molar-refractivity contribution in [3.63, 3.8) is 0 Å². The van der Waals surface area contributed by atoms with E-state index in [1.807, 2.05) is 24.3 Å². The Morgan fingerprint density at radius 2 is 2.21 bits per heavy atom. The molecule has 1 fully saturated rings. The van der Waals surface area contributed by atoms with Gasteiger partial charge in [0.2, 0.25) is 0 Å². The fraction of sp³-hybridized carbons (Fsp3) is 0.333. The molecule has 2 rings (SSSR count). The van der Waals surface area contributed by atoms with Crippen molar-refractivity contribution in [3.8, 4) is 0 Å². The van der Waals surface area contributed by atoms with Crippen molar-refractivity contribution >= 4 is 23.4 Å². The predicted octanol–water partition coefficient (Wildman–Crippen LogP) is 1.19. The number of nitrogens with two attached hydrogens (primary N) is 1. The molecule has 0 saturated carbocycles. The van der Waals surface area contributed by atoms with Gasteiger partial charge in [-0.15, -0.1) is 11.8 Å². The maximum Gasteiger partial charge on any atom is 0.0815 e. The van der Waals surface area contributed by atoms with Gasteiger partial charge in [0.25, 0.3) is 0 Å². The molecule has 1 aliphatic heterocycles. The van der Waals surface area contributed by atoms with Crippen LogP contribution in [0, 0.1) is 0 Å². The minimum Gasteiger partial charge on any atom is -0.314 e. The maximum absolute atomic E-state index is 6.05. The molecule has 4 N–H and O–H groups in total. The van der Waals surface area contributed by atoms with Gasteiger partial charge in [0.15, 0.2) is 0 Å². The van der Waals surface area contributed by atoms with Gasteiger partial charge >= 0.3 is 0 Å². The van der Waals surface area contributed by atoms with Crippen LogP contribution < -0.4 is 16.6 Å². The molecule has 0 aliphatic carbocycles. The largest absolute Gasteiger partial charge is 0.314 e. The lowest BCUT2D eigenvalue weighted by molar-refractivity contribution is 0.577. The van der Waals surface area contributed by atoms with E-state index in [4.69, 9.17) is 17.3 Å². The van der Waals surface area contributed by atoms with E-state index in [1.165, 1.54) is 0 Å². The van der Waals surface area contributed by atoms with Crippen LogP contribution in [0.5, 0.6) is 0 Å². The third kappa shape index (κ3) is 2.21. The molecule has 0 bridgehead atoms. The average molecular weight is 230 g/mol. The number of halogens is 1.